The lowest BCUT2D eigenvalue weighted by Crippen LogP contribution is -2.04. The van der Waals surface area contributed by atoms with Crippen molar-refractivity contribution in [1.82, 2.24) is 0 Å². The molecule has 2 aromatic rings. The van der Waals surface area contributed by atoms with Crippen LogP contribution < -0.4 is 0 Å². The van der Waals surface area contributed by atoms with Crippen molar-refractivity contribution in [3.63, 3.8) is 0 Å². The van der Waals surface area contributed by atoms with Gasteiger partial charge in [-0.25, -0.2) is 8.78 Å². The molecule has 2 rings (SSSR count). The Morgan fingerprint density at radius 1 is 1.05 bits per heavy atom. The highest BCUT2D eigenvalue weighted by atomic mass is 79.9. The molecule has 100 valence electrons. The molecule has 0 radical (unpaired) electrons. The highest BCUT2D eigenvalue weighted by molar-refractivity contribution is 9.09. The van der Waals surface area contributed by atoms with E-state index in [1.54, 1.807) is 24.3 Å². The minimum Gasteiger partial charge on any atom is -0.207 e. The molecule has 0 saturated heterocycles. The molecule has 0 aliphatic heterocycles. The van der Waals surface area contributed by atoms with Crippen LogP contribution in [0.3, 0.4) is 0 Å². The number of halogens is 4. The highest BCUT2D eigenvalue weighted by Crippen LogP contribution is 2.25. The molecule has 19 heavy (non-hydrogen) atoms. The Labute approximate surface area is 124 Å². The highest BCUT2D eigenvalue weighted by Gasteiger charge is 2.12. The van der Waals surface area contributed by atoms with E-state index in [-0.39, 0.29) is 16.8 Å². The first kappa shape index (κ1) is 14.5. The van der Waals surface area contributed by atoms with E-state index in [0.29, 0.717) is 0 Å². The molecule has 1 atom stereocenters. The third-order valence-electron chi connectivity index (χ3n) is 2.99. The van der Waals surface area contributed by atoms with E-state index in [9.17, 15) is 8.78 Å². The van der Waals surface area contributed by atoms with Gasteiger partial charge in [0.1, 0.15) is 11.6 Å². The van der Waals surface area contributed by atoms with Crippen LogP contribution in [-0.4, -0.2) is 5.33 Å². The topological polar surface area (TPSA) is 0 Å². The fourth-order valence-corrected chi connectivity index (χ4v) is 2.75. The summed E-state index contributed by atoms with van der Waals surface area (Å²) in [5, 5.41) is 0.873. The molecule has 0 aromatic heterocycles. The SMILES string of the molecule is Fc1ccc(C(CBr)Cc2ccc(F)c(Cl)c2)cc1. The van der Waals surface area contributed by atoms with Gasteiger partial charge in [-0.1, -0.05) is 45.7 Å². The van der Waals surface area contributed by atoms with Gasteiger partial charge < -0.3 is 0 Å². The van der Waals surface area contributed by atoms with E-state index in [4.69, 9.17) is 11.6 Å². The maximum absolute atomic E-state index is 13.1. The molecule has 0 saturated carbocycles. The van der Waals surface area contributed by atoms with Gasteiger partial charge in [0, 0.05) is 5.33 Å². The maximum Gasteiger partial charge on any atom is 0.141 e. The summed E-state index contributed by atoms with van der Waals surface area (Å²) in [6.45, 7) is 0. The molecule has 1 unspecified atom stereocenters. The van der Waals surface area contributed by atoms with Crippen molar-refractivity contribution >= 4 is 27.5 Å². The molecular formula is C15H12BrClF2. The average molecular weight is 346 g/mol. The predicted octanol–water partition coefficient (Wildman–Crippen LogP) is 5.34. The van der Waals surface area contributed by atoms with Gasteiger partial charge in [0.15, 0.2) is 0 Å². The van der Waals surface area contributed by atoms with E-state index >= 15 is 0 Å². The van der Waals surface area contributed by atoms with E-state index < -0.39 is 5.82 Å². The quantitative estimate of drug-likeness (QED) is 0.656. The lowest BCUT2D eigenvalue weighted by molar-refractivity contribution is 0.624. The zero-order chi connectivity index (χ0) is 13.8. The zero-order valence-electron chi connectivity index (χ0n) is 10.0. The Hall–Kier alpha value is -0.930. The predicted molar refractivity (Wildman–Crippen MR) is 78.0 cm³/mol. The molecule has 0 aliphatic rings. The van der Waals surface area contributed by atoms with Crippen LogP contribution in [0.5, 0.6) is 0 Å². The number of alkyl halides is 1. The Bertz CT molecular complexity index is 555. The smallest absolute Gasteiger partial charge is 0.141 e. The molecule has 0 heterocycles. The second kappa shape index (κ2) is 6.49. The molecule has 0 fully saturated rings. The summed E-state index contributed by atoms with van der Waals surface area (Å²) >= 11 is 9.23. The second-order valence-electron chi connectivity index (χ2n) is 4.36. The largest absolute Gasteiger partial charge is 0.207 e. The maximum atomic E-state index is 13.1. The van der Waals surface area contributed by atoms with Crippen LogP contribution in [0.2, 0.25) is 5.02 Å². The van der Waals surface area contributed by atoms with Crippen molar-refractivity contribution in [1.29, 1.82) is 0 Å². The summed E-state index contributed by atoms with van der Waals surface area (Å²) < 4.78 is 26.0. The van der Waals surface area contributed by atoms with Crippen molar-refractivity contribution < 1.29 is 8.78 Å². The van der Waals surface area contributed by atoms with Crippen LogP contribution in [0.1, 0.15) is 17.0 Å². The Kier molecular flexibility index (Phi) is 4.94. The van der Waals surface area contributed by atoms with E-state index in [1.807, 2.05) is 0 Å². The first-order chi connectivity index (χ1) is 9.10. The van der Waals surface area contributed by atoms with Gasteiger partial charge in [0.2, 0.25) is 0 Å². The number of hydrogen-bond acceptors (Lipinski definition) is 0. The van der Waals surface area contributed by atoms with Crippen LogP contribution in [0.4, 0.5) is 8.78 Å². The molecule has 0 aliphatic carbocycles. The molecule has 0 bridgehead atoms. The Morgan fingerprint density at radius 3 is 2.32 bits per heavy atom. The molecular weight excluding hydrogens is 334 g/mol. The van der Waals surface area contributed by atoms with Crippen LogP contribution in [0.25, 0.3) is 0 Å². The summed E-state index contributed by atoms with van der Waals surface area (Å²) in [4.78, 5) is 0. The minimum absolute atomic E-state index is 0.130. The summed E-state index contributed by atoms with van der Waals surface area (Å²) in [6, 6.07) is 11.2. The summed E-state index contributed by atoms with van der Waals surface area (Å²) in [7, 11) is 0. The second-order valence-corrected chi connectivity index (χ2v) is 5.41. The van der Waals surface area contributed by atoms with E-state index in [2.05, 4.69) is 15.9 Å². The van der Waals surface area contributed by atoms with Gasteiger partial charge in [-0.15, -0.1) is 0 Å². The van der Waals surface area contributed by atoms with Crippen molar-refractivity contribution in [2.24, 2.45) is 0 Å². The van der Waals surface area contributed by atoms with E-state index in [0.717, 1.165) is 22.9 Å². The fraction of sp³-hybridized carbons (Fsp3) is 0.200. The Morgan fingerprint density at radius 2 is 1.74 bits per heavy atom. The first-order valence-corrected chi connectivity index (χ1v) is 7.35. The van der Waals surface area contributed by atoms with Crippen LogP contribution in [-0.2, 0) is 6.42 Å². The average Bonchev–Trinajstić information content (AvgIpc) is 2.41. The van der Waals surface area contributed by atoms with Gasteiger partial charge in [0.25, 0.3) is 0 Å². The molecule has 0 N–H and O–H groups in total. The lowest BCUT2D eigenvalue weighted by Gasteiger charge is -2.15. The summed E-state index contributed by atoms with van der Waals surface area (Å²) in [5.74, 6) is -0.466. The van der Waals surface area contributed by atoms with Crippen molar-refractivity contribution in [3.8, 4) is 0 Å². The van der Waals surface area contributed by atoms with Gasteiger partial charge in [-0.05, 0) is 47.7 Å². The van der Waals surface area contributed by atoms with Gasteiger partial charge in [-0.3, -0.25) is 0 Å². The van der Waals surface area contributed by atoms with E-state index in [1.165, 1.54) is 18.2 Å². The molecule has 0 amide bonds. The number of benzene rings is 2. The third-order valence-corrected chi connectivity index (χ3v) is 4.07. The molecule has 0 spiro atoms. The summed E-state index contributed by atoms with van der Waals surface area (Å²) in [6.07, 6.45) is 0.719. The van der Waals surface area contributed by atoms with Crippen molar-refractivity contribution in [2.45, 2.75) is 12.3 Å². The van der Waals surface area contributed by atoms with Gasteiger partial charge >= 0.3 is 0 Å². The van der Waals surface area contributed by atoms with Crippen LogP contribution in [0.15, 0.2) is 42.5 Å². The standard InChI is InChI=1S/C15H12BrClF2/c16-9-12(11-2-4-13(18)5-3-11)7-10-1-6-15(19)14(17)8-10/h1-6,8,12H,7,9H2. The first-order valence-electron chi connectivity index (χ1n) is 5.85. The monoisotopic (exact) mass is 344 g/mol. The molecule has 2 aromatic carbocycles. The fourth-order valence-electron chi connectivity index (χ4n) is 1.95. The van der Waals surface area contributed by atoms with Crippen molar-refractivity contribution in [2.75, 3.05) is 5.33 Å². The lowest BCUT2D eigenvalue weighted by atomic mass is 9.94. The van der Waals surface area contributed by atoms with Crippen molar-refractivity contribution in [3.05, 3.63) is 70.2 Å². The Balaban J connectivity index is 2.18. The molecule has 4 heteroatoms. The van der Waals surface area contributed by atoms with Gasteiger partial charge in [0.05, 0.1) is 5.02 Å². The summed E-state index contributed by atoms with van der Waals surface area (Å²) in [5.41, 5.74) is 2.00. The third kappa shape index (κ3) is 3.77. The minimum atomic E-state index is -0.414. The van der Waals surface area contributed by atoms with Crippen LogP contribution >= 0.6 is 27.5 Å². The number of rotatable bonds is 4. The molecule has 0 nitrogen and oxygen atoms in total. The van der Waals surface area contributed by atoms with Gasteiger partial charge in [-0.2, -0.15) is 0 Å². The van der Waals surface area contributed by atoms with Crippen LogP contribution in [0, 0.1) is 11.6 Å². The number of hydrogen-bond donors (Lipinski definition) is 0. The normalized spacial score (nSPS) is 12.4. The zero-order valence-corrected chi connectivity index (χ0v) is 12.4.